The molecule has 5 heteroatoms. The SMILES string of the molecule is Pc1cc(P)c(P)c(P)c1P. The lowest BCUT2D eigenvalue weighted by Crippen LogP contribution is -2.38. The van der Waals surface area contributed by atoms with Crippen LogP contribution in [0.2, 0.25) is 0 Å². The second-order valence-electron chi connectivity index (χ2n) is 2.30. The molecular weight excluding hydrogens is 227 g/mol. The molecule has 1 aromatic carbocycles. The number of benzene rings is 1. The van der Waals surface area contributed by atoms with E-state index in [2.05, 4.69) is 52.3 Å². The molecule has 0 heterocycles. The summed E-state index contributed by atoms with van der Waals surface area (Å²) in [6.45, 7) is 0. The van der Waals surface area contributed by atoms with Crippen molar-refractivity contribution < 1.29 is 0 Å². The van der Waals surface area contributed by atoms with E-state index in [-0.39, 0.29) is 0 Å². The summed E-state index contributed by atoms with van der Waals surface area (Å²) < 4.78 is 0. The minimum atomic E-state index is 1.23. The average molecular weight is 238 g/mol. The molecule has 0 aromatic heterocycles. The van der Waals surface area contributed by atoms with Gasteiger partial charge in [-0.25, -0.2) is 0 Å². The zero-order chi connectivity index (χ0) is 8.59. The molecule has 0 aliphatic heterocycles. The van der Waals surface area contributed by atoms with Crippen LogP contribution in [0.25, 0.3) is 0 Å². The Hall–Kier alpha value is 1.37. The standard InChI is InChI=1S/C6H11P5/c7-2-1-3(8)5(10)6(11)4(2)9/h1H,7-11H2. The summed E-state index contributed by atoms with van der Waals surface area (Å²) in [5.74, 6) is 0. The highest BCUT2D eigenvalue weighted by molar-refractivity contribution is 7.45. The molecule has 1 rings (SSSR count). The Labute approximate surface area is 79.1 Å². The largest absolute Gasteiger partial charge is 0.105 e. The molecule has 0 bridgehead atoms. The molecule has 0 radical (unpaired) electrons. The maximum atomic E-state index is 2.74. The van der Waals surface area contributed by atoms with Crippen molar-refractivity contribution in [2.45, 2.75) is 0 Å². The molecule has 0 nitrogen and oxygen atoms in total. The lowest BCUT2D eigenvalue weighted by molar-refractivity contribution is 2.09. The molecule has 0 saturated carbocycles. The predicted octanol–water partition coefficient (Wildman–Crippen LogP) is -0.811. The first-order chi connectivity index (χ1) is 5.04. The molecular formula is C6H11P5. The summed E-state index contributed by atoms with van der Waals surface area (Å²) in [7, 11) is 13.7. The van der Waals surface area contributed by atoms with Crippen LogP contribution >= 0.6 is 46.2 Å². The van der Waals surface area contributed by atoms with Crippen LogP contribution in [0.3, 0.4) is 0 Å². The van der Waals surface area contributed by atoms with Gasteiger partial charge in [0, 0.05) is 0 Å². The van der Waals surface area contributed by atoms with Crippen molar-refractivity contribution in [1.29, 1.82) is 0 Å². The van der Waals surface area contributed by atoms with Gasteiger partial charge in [-0.1, -0.05) is 0 Å². The normalized spacial score (nSPS) is 10.3. The Morgan fingerprint density at radius 2 is 1.00 bits per heavy atom. The highest BCUT2D eigenvalue weighted by Gasteiger charge is 2.03. The molecule has 5 atom stereocenters. The summed E-state index contributed by atoms with van der Waals surface area (Å²) in [6.07, 6.45) is 0. The van der Waals surface area contributed by atoms with Gasteiger partial charge < -0.3 is 0 Å². The van der Waals surface area contributed by atoms with Gasteiger partial charge in [0.05, 0.1) is 0 Å². The summed E-state index contributed by atoms with van der Waals surface area (Å²) in [4.78, 5) is 0. The zero-order valence-corrected chi connectivity index (χ0v) is 11.7. The Morgan fingerprint density at radius 1 is 0.636 bits per heavy atom. The van der Waals surface area contributed by atoms with Gasteiger partial charge in [0.25, 0.3) is 0 Å². The van der Waals surface area contributed by atoms with Crippen molar-refractivity contribution >= 4 is 72.7 Å². The van der Waals surface area contributed by atoms with Gasteiger partial charge >= 0.3 is 0 Å². The first-order valence-electron chi connectivity index (χ1n) is 3.02. The van der Waals surface area contributed by atoms with Crippen molar-refractivity contribution in [2.75, 3.05) is 0 Å². The molecule has 0 spiro atoms. The Balaban J connectivity index is 3.46. The lowest BCUT2D eigenvalue weighted by Gasteiger charge is -2.09. The van der Waals surface area contributed by atoms with Crippen molar-refractivity contribution in [3.8, 4) is 0 Å². The third-order valence-corrected chi connectivity index (χ3v) is 5.71. The van der Waals surface area contributed by atoms with Crippen LogP contribution in [0.5, 0.6) is 0 Å². The average Bonchev–Trinajstić information content (AvgIpc) is 1.97. The fourth-order valence-corrected chi connectivity index (χ4v) is 2.95. The van der Waals surface area contributed by atoms with Gasteiger partial charge in [-0.3, -0.25) is 0 Å². The van der Waals surface area contributed by atoms with E-state index in [4.69, 9.17) is 0 Å². The summed E-state index contributed by atoms with van der Waals surface area (Å²) in [5, 5.41) is 6.21. The van der Waals surface area contributed by atoms with E-state index in [1.54, 1.807) is 0 Å². The third kappa shape index (κ3) is 2.19. The number of rotatable bonds is 0. The summed E-state index contributed by atoms with van der Waals surface area (Å²) in [6, 6.07) is 2.13. The first kappa shape index (κ1) is 10.5. The van der Waals surface area contributed by atoms with Crippen LogP contribution in [-0.4, -0.2) is 0 Å². The minimum absolute atomic E-state index is 1.23. The van der Waals surface area contributed by atoms with E-state index >= 15 is 0 Å². The highest BCUT2D eigenvalue weighted by Crippen LogP contribution is 1.97. The van der Waals surface area contributed by atoms with Crippen molar-refractivity contribution in [3.05, 3.63) is 6.07 Å². The van der Waals surface area contributed by atoms with E-state index in [0.717, 1.165) is 0 Å². The molecule has 0 saturated heterocycles. The predicted molar refractivity (Wildman–Crippen MR) is 73.2 cm³/mol. The maximum Gasteiger partial charge on any atom is -0.0148 e. The van der Waals surface area contributed by atoms with Crippen LogP contribution < -0.4 is 26.5 Å². The Morgan fingerprint density at radius 3 is 1.36 bits per heavy atom. The Bertz CT molecular complexity index is 267. The van der Waals surface area contributed by atoms with E-state index in [9.17, 15) is 0 Å². The highest BCUT2D eigenvalue weighted by atomic mass is 31.0. The molecule has 11 heavy (non-hydrogen) atoms. The molecule has 0 fully saturated rings. The molecule has 5 unspecified atom stereocenters. The molecule has 0 aliphatic rings. The first-order valence-corrected chi connectivity index (χ1v) is 5.91. The maximum absolute atomic E-state index is 2.74. The van der Waals surface area contributed by atoms with E-state index in [0.29, 0.717) is 0 Å². The Kier molecular flexibility index (Phi) is 3.85. The van der Waals surface area contributed by atoms with Gasteiger partial charge in [-0.2, -0.15) is 0 Å². The van der Waals surface area contributed by atoms with E-state index in [1.807, 2.05) is 0 Å². The van der Waals surface area contributed by atoms with Gasteiger partial charge in [0.2, 0.25) is 0 Å². The van der Waals surface area contributed by atoms with Gasteiger partial charge in [-0.05, 0) is 32.6 Å². The van der Waals surface area contributed by atoms with Gasteiger partial charge in [0.1, 0.15) is 0 Å². The molecule has 0 amide bonds. The van der Waals surface area contributed by atoms with E-state index < -0.39 is 0 Å². The second kappa shape index (κ2) is 4.05. The monoisotopic (exact) mass is 238 g/mol. The summed E-state index contributed by atoms with van der Waals surface area (Å²) >= 11 is 0. The zero-order valence-electron chi connectivity index (χ0n) is 5.96. The molecule has 60 valence electrons. The minimum Gasteiger partial charge on any atom is -0.105 e. The second-order valence-corrected chi connectivity index (χ2v) is 5.27. The van der Waals surface area contributed by atoms with Crippen LogP contribution in [-0.2, 0) is 0 Å². The number of hydrogen-bond acceptors (Lipinski definition) is 0. The van der Waals surface area contributed by atoms with Crippen LogP contribution in [0, 0.1) is 0 Å². The molecule has 0 aliphatic carbocycles. The molecule has 1 aromatic rings. The van der Waals surface area contributed by atoms with Crippen LogP contribution in [0.15, 0.2) is 6.07 Å². The van der Waals surface area contributed by atoms with Crippen LogP contribution in [0.1, 0.15) is 0 Å². The van der Waals surface area contributed by atoms with Crippen molar-refractivity contribution in [1.82, 2.24) is 0 Å². The van der Waals surface area contributed by atoms with E-state index in [1.165, 1.54) is 26.5 Å². The lowest BCUT2D eigenvalue weighted by atomic mass is 10.3. The fourth-order valence-electron chi connectivity index (χ4n) is 0.779. The topological polar surface area (TPSA) is 0 Å². The van der Waals surface area contributed by atoms with Gasteiger partial charge in [0.15, 0.2) is 0 Å². The van der Waals surface area contributed by atoms with Crippen molar-refractivity contribution in [3.63, 3.8) is 0 Å². The third-order valence-electron chi connectivity index (χ3n) is 1.51. The number of hydrogen-bond donors (Lipinski definition) is 0. The molecule has 0 N–H and O–H groups in total. The smallest absolute Gasteiger partial charge is 0.0148 e. The van der Waals surface area contributed by atoms with Crippen molar-refractivity contribution in [2.24, 2.45) is 0 Å². The van der Waals surface area contributed by atoms with Gasteiger partial charge in [-0.15, -0.1) is 46.2 Å². The fraction of sp³-hybridized carbons (Fsp3) is 0. The summed E-state index contributed by atoms with van der Waals surface area (Å²) in [5.41, 5.74) is 0. The van der Waals surface area contributed by atoms with Crippen LogP contribution in [0.4, 0.5) is 0 Å². The quantitative estimate of drug-likeness (QED) is 0.518.